The number of fused-ring (bicyclic) bond motifs is 1. The largest absolute Gasteiger partial charge is 0.490 e. The van der Waals surface area contributed by atoms with Gasteiger partial charge in [0.2, 0.25) is 0 Å². The minimum atomic E-state index is -5.08. The van der Waals surface area contributed by atoms with Gasteiger partial charge in [0.15, 0.2) is 0 Å². The second kappa shape index (κ2) is 12.4. The van der Waals surface area contributed by atoms with Crippen LogP contribution in [0.1, 0.15) is 51.7 Å². The lowest BCUT2D eigenvalue weighted by Crippen LogP contribution is -2.43. The molecule has 0 spiro atoms. The van der Waals surface area contributed by atoms with Crippen LogP contribution in [0.2, 0.25) is 0 Å². The van der Waals surface area contributed by atoms with E-state index in [1.165, 1.54) is 40.8 Å². The topological polar surface area (TPSA) is 103 Å². The molecule has 222 valence electrons. The number of pyridine rings is 1. The summed E-state index contributed by atoms with van der Waals surface area (Å²) < 4.78 is 63.5. The van der Waals surface area contributed by atoms with Crippen molar-refractivity contribution < 1.29 is 46.1 Å². The first-order valence-corrected chi connectivity index (χ1v) is 12.4. The van der Waals surface area contributed by atoms with Gasteiger partial charge in [-0.1, -0.05) is 45.9 Å². The third kappa shape index (κ3) is 8.57. The summed E-state index contributed by atoms with van der Waals surface area (Å²) >= 11 is 0. The second-order valence-electron chi connectivity index (χ2n) is 10.8. The van der Waals surface area contributed by atoms with Gasteiger partial charge in [-0.3, -0.25) is 4.98 Å². The van der Waals surface area contributed by atoms with E-state index in [1.807, 2.05) is 12.4 Å². The normalized spacial score (nSPS) is 17.8. The Hall–Kier alpha value is -3.35. The molecule has 1 aliphatic carbocycles. The Bertz CT molecular complexity index is 1170. The number of hydrogen-bond donors (Lipinski definition) is 3. The predicted molar refractivity (Wildman–Crippen MR) is 137 cm³/mol. The van der Waals surface area contributed by atoms with E-state index in [4.69, 9.17) is 19.8 Å². The van der Waals surface area contributed by atoms with Crippen molar-refractivity contribution in [1.29, 1.82) is 0 Å². The van der Waals surface area contributed by atoms with E-state index in [-0.39, 0.29) is 10.8 Å². The lowest BCUT2D eigenvalue weighted by atomic mass is 9.63. The van der Waals surface area contributed by atoms with Crippen LogP contribution in [0.4, 0.5) is 32.0 Å². The molecule has 1 aliphatic heterocycles. The van der Waals surface area contributed by atoms with Crippen LogP contribution in [0.25, 0.3) is 11.1 Å². The molecule has 0 bridgehead atoms. The van der Waals surface area contributed by atoms with Gasteiger partial charge in [0.1, 0.15) is 0 Å². The van der Waals surface area contributed by atoms with Gasteiger partial charge < -0.3 is 20.4 Å². The second-order valence-corrected chi connectivity index (χ2v) is 10.8. The molecule has 1 aromatic carbocycles. The van der Waals surface area contributed by atoms with Crippen LogP contribution >= 0.6 is 0 Å². The van der Waals surface area contributed by atoms with Crippen molar-refractivity contribution >= 4 is 17.6 Å². The Morgan fingerprint density at radius 2 is 1.32 bits per heavy atom. The maximum Gasteiger partial charge on any atom is 0.490 e. The molecule has 0 unspecified atom stereocenters. The Morgan fingerprint density at radius 1 is 0.850 bits per heavy atom. The zero-order valence-electron chi connectivity index (χ0n) is 22.6. The number of carbonyl (C=O) groups is 2. The van der Waals surface area contributed by atoms with Crippen molar-refractivity contribution in [3.63, 3.8) is 0 Å². The number of alkyl halides is 6. The Kier molecular flexibility index (Phi) is 10.2. The maximum absolute atomic E-state index is 10.6. The zero-order chi connectivity index (χ0) is 30.5. The number of anilines is 1. The van der Waals surface area contributed by atoms with Crippen molar-refractivity contribution in [2.24, 2.45) is 0 Å². The number of hydrogen-bond acceptors (Lipinski definition) is 5. The summed E-state index contributed by atoms with van der Waals surface area (Å²) in [6.07, 6.45) is -3.70. The van der Waals surface area contributed by atoms with Crippen molar-refractivity contribution in [3.05, 3.63) is 47.8 Å². The Morgan fingerprint density at radius 3 is 1.80 bits per heavy atom. The lowest BCUT2D eigenvalue weighted by molar-refractivity contribution is -0.193. The van der Waals surface area contributed by atoms with E-state index in [2.05, 4.69) is 67.2 Å². The lowest BCUT2D eigenvalue weighted by Gasteiger charge is -2.42. The van der Waals surface area contributed by atoms with Crippen molar-refractivity contribution in [2.75, 3.05) is 31.1 Å². The van der Waals surface area contributed by atoms with Gasteiger partial charge in [0.05, 0.1) is 0 Å². The van der Waals surface area contributed by atoms with Gasteiger partial charge in [-0.25, -0.2) is 9.59 Å². The van der Waals surface area contributed by atoms with E-state index in [9.17, 15) is 26.3 Å². The predicted octanol–water partition coefficient (Wildman–Crippen LogP) is 5.77. The number of carboxylic acid groups (broad SMARTS) is 2. The maximum atomic E-state index is 10.6. The smallest absolute Gasteiger partial charge is 0.475 e. The zero-order valence-corrected chi connectivity index (χ0v) is 22.6. The number of carboxylic acids is 2. The van der Waals surface area contributed by atoms with Crippen LogP contribution in [0.5, 0.6) is 0 Å². The number of benzene rings is 1. The highest BCUT2D eigenvalue weighted by Gasteiger charge is 2.39. The summed E-state index contributed by atoms with van der Waals surface area (Å²) in [4.78, 5) is 24.7. The van der Waals surface area contributed by atoms with Gasteiger partial charge in [0.25, 0.3) is 0 Å². The van der Waals surface area contributed by atoms with E-state index in [0.29, 0.717) is 0 Å². The van der Waals surface area contributed by atoms with Gasteiger partial charge in [-0.15, -0.1) is 0 Å². The van der Waals surface area contributed by atoms with Crippen LogP contribution in [0, 0.1) is 0 Å². The number of aromatic nitrogens is 1. The van der Waals surface area contributed by atoms with Crippen LogP contribution in [0.15, 0.2) is 36.7 Å². The SMILES string of the molecule is CC1(C)CCC(C)(C)c2cc(-c3cnccc3N3CCNCC3)ccc21.O=C(O)C(F)(F)F.O=C(O)C(F)(F)F. The van der Waals surface area contributed by atoms with Gasteiger partial charge in [-0.05, 0) is 46.4 Å². The molecule has 1 aromatic heterocycles. The van der Waals surface area contributed by atoms with E-state index < -0.39 is 24.3 Å². The number of rotatable bonds is 2. The molecule has 0 saturated carbocycles. The molecule has 1 fully saturated rings. The third-order valence-electron chi connectivity index (χ3n) is 6.90. The molecule has 1 saturated heterocycles. The average molecular weight is 578 g/mol. The molecule has 0 amide bonds. The fourth-order valence-electron chi connectivity index (χ4n) is 4.55. The van der Waals surface area contributed by atoms with Gasteiger partial charge >= 0.3 is 24.3 Å². The number of nitrogens with one attached hydrogen (secondary N) is 1. The van der Waals surface area contributed by atoms with Crippen molar-refractivity contribution in [3.8, 4) is 11.1 Å². The minimum Gasteiger partial charge on any atom is -0.475 e. The monoisotopic (exact) mass is 577 g/mol. The molecule has 3 N–H and O–H groups in total. The molecule has 40 heavy (non-hydrogen) atoms. The highest BCUT2D eigenvalue weighted by molar-refractivity contribution is 5.79. The first-order valence-electron chi connectivity index (χ1n) is 12.4. The van der Waals surface area contributed by atoms with E-state index in [0.717, 1.165) is 26.2 Å². The standard InChI is InChI=1S/C23H31N3.2C2HF3O2/c1-22(2)8-9-23(3,4)20-15-17(5-6-19(20)22)18-16-25-10-7-21(18)26-13-11-24-12-14-26;2*3-2(4,5)1(6)7/h5-7,10,15-16,24H,8-9,11-14H2,1-4H3;2*(H,6,7). The van der Waals surface area contributed by atoms with Crippen LogP contribution < -0.4 is 10.2 Å². The molecule has 2 aliphatic rings. The molecule has 4 rings (SSSR count). The fourth-order valence-corrected chi connectivity index (χ4v) is 4.55. The van der Waals surface area contributed by atoms with Crippen LogP contribution in [0.3, 0.4) is 0 Å². The Balaban J connectivity index is 0.000000333. The molecule has 7 nitrogen and oxygen atoms in total. The fraction of sp³-hybridized carbons (Fsp3) is 0.519. The number of nitrogens with zero attached hydrogens (tertiary/aromatic N) is 2. The molecule has 0 atom stereocenters. The molecule has 0 radical (unpaired) electrons. The summed E-state index contributed by atoms with van der Waals surface area (Å²) in [6, 6.07) is 9.30. The molecular formula is C27H33F6N3O4. The van der Waals surface area contributed by atoms with Crippen molar-refractivity contribution in [2.45, 2.75) is 63.7 Å². The summed E-state index contributed by atoms with van der Waals surface area (Å²) in [7, 11) is 0. The molecule has 13 heteroatoms. The Labute approximate surface area is 228 Å². The number of piperazine rings is 1. The van der Waals surface area contributed by atoms with Gasteiger partial charge in [0, 0.05) is 49.8 Å². The molecule has 2 heterocycles. The van der Waals surface area contributed by atoms with Crippen LogP contribution in [-0.2, 0) is 20.4 Å². The van der Waals surface area contributed by atoms with Gasteiger partial charge in [-0.2, -0.15) is 26.3 Å². The summed E-state index contributed by atoms with van der Waals surface area (Å²) in [6.45, 7) is 13.8. The molecular weight excluding hydrogens is 544 g/mol. The van der Waals surface area contributed by atoms with Crippen LogP contribution in [-0.4, -0.2) is 65.7 Å². The number of halogens is 6. The molecule has 2 aromatic rings. The highest BCUT2D eigenvalue weighted by atomic mass is 19.4. The first kappa shape index (κ1) is 32.9. The van der Waals surface area contributed by atoms with Crippen molar-refractivity contribution in [1.82, 2.24) is 10.3 Å². The summed E-state index contributed by atoms with van der Waals surface area (Å²) in [5, 5.41) is 17.7. The average Bonchev–Trinajstić information content (AvgIpc) is 2.87. The summed E-state index contributed by atoms with van der Waals surface area (Å²) in [5.41, 5.74) is 7.41. The van der Waals surface area contributed by atoms with E-state index in [1.54, 1.807) is 0 Å². The first-order chi connectivity index (χ1) is 18.3. The third-order valence-corrected chi connectivity index (χ3v) is 6.90. The number of aliphatic carboxylic acids is 2. The quantitative estimate of drug-likeness (QED) is 0.390. The van der Waals surface area contributed by atoms with E-state index >= 15 is 0 Å². The summed E-state index contributed by atoms with van der Waals surface area (Å²) in [5.74, 6) is -5.51. The highest BCUT2D eigenvalue weighted by Crippen LogP contribution is 2.47. The minimum absolute atomic E-state index is 0.234.